The second kappa shape index (κ2) is 10.3. The van der Waals surface area contributed by atoms with Crippen molar-refractivity contribution in [2.45, 2.75) is 39.5 Å². The highest BCUT2D eigenvalue weighted by molar-refractivity contribution is 6.48. The van der Waals surface area contributed by atoms with Crippen molar-refractivity contribution in [1.29, 1.82) is 0 Å². The van der Waals surface area contributed by atoms with E-state index in [0.717, 1.165) is 0 Å². The first-order valence-corrected chi connectivity index (χ1v) is 8.92. The Morgan fingerprint density at radius 1 is 0.958 bits per heavy atom. The standard InChI is InChI=1S/C16H18Cl4O4/c1-9(2)8-23-12(21)5-3-4-6-13(22)24-16-14(19)10(17)7-11(18)15(16)20/h7,9H,3-6,8H2,1-2H3. The smallest absolute Gasteiger partial charge is 0.311 e. The lowest BCUT2D eigenvalue weighted by Crippen LogP contribution is -2.11. The molecule has 0 aliphatic carbocycles. The molecule has 0 saturated carbocycles. The number of rotatable bonds is 8. The van der Waals surface area contributed by atoms with Gasteiger partial charge in [-0.05, 0) is 24.8 Å². The van der Waals surface area contributed by atoms with Gasteiger partial charge >= 0.3 is 11.9 Å². The van der Waals surface area contributed by atoms with Gasteiger partial charge in [-0.25, -0.2) is 0 Å². The molecule has 4 nitrogen and oxygen atoms in total. The van der Waals surface area contributed by atoms with Gasteiger partial charge in [0, 0.05) is 12.8 Å². The predicted molar refractivity (Wildman–Crippen MR) is 96.4 cm³/mol. The summed E-state index contributed by atoms with van der Waals surface area (Å²) in [5, 5.41) is 0.330. The lowest BCUT2D eigenvalue weighted by Gasteiger charge is -2.10. The summed E-state index contributed by atoms with van der Waals surface area (Å²) in [5.41, 5.74) is 0. The van der Waals surface area contributed by atoms with Gasteiger partial charge in [-0.2, -0.15) is 0 Å². The van der Waals surface area contributed by atoms with Crippen LogP contribution in [0.25, 0.3) is 0 Å². The average molecular weight is 416 g/mol. The number of carbonyl (C=O) groups is 2. The third kappa shape index (κ3) is 7.06. The molecule has 134 valence electrons. The Bertz CT molecular complexity index is 576. The summed E-state index contributed by atoms with van der Waals surface area (Å²) >= 11 is 23.7. The summed E-state index contributed by atoms with van der Waals surface area (Å²) in [4.78, 5) is 23.3. The molecular weight excluding hydrogens is 398 g/mol. The maximum absolute atomic E-state index is 11.9. The quantitative estimate of drug-likeness (QED) is 0.227. The Labute approximate surface area is 161 Å². The molecule has 1 aromatic carbocycles. The summed E-state index contributed by atoms with van der Waals surface area (Å²) < 4.78 is 10.2. The number of benzene rings is 1. The lowest BCUT2D eigenvalue weighted by molar-refractivity contribution is -0.145. The Kier molecular flexibility index (Phi) is 9.21. The molecule has 1 aromatic rings. The van der Waals surface area contributed by atoms with Crippen molar-refractivity contribution >= 4 is 58.3 Å². The molecule has 0 N–H and O–H groups in total. The molecule has 0 fully saturated rings. The SMILES string of the molecule is CC(C)COC(=O)CCCCC(=O)Oc1c(Cl)c(Cl)cc(Cl)c1Cl. The zero-order valence-electron chi connectivity index (χ0n) is 13.3. The highest BCUT2D eigenvalue weighted by Gasteiger charge is 2.18. The van der Waals surface area contributed by atoms with E-state index in [-0.39, 0.29) is 44.7 Å². The van der Waals surface area contributed by atoms with Crippen LogP contribution in [0.15, 0.2) is 6.07 Å². The lowest BCUT2D eigenvalue weighted by atomic mass is 10.2. The molecule has 0 amide bonds. The third-order valence-corrected chi connectivity index (χ3v) is 4.42. The van der Waals surface area contributed by atoms with Gasteiger partial charge in [-0.3, -0.25) is 9.59 Å². The van der Waals surface area contributed by atoms with Crippen LogP contribution >= 0.6 is 46.4 Å². The Hall–Kier alpha value is -0.680. The molecule has 0 bridgehead atoms. The summed E-state index contributed by atoms with van der Waals surface area (Å²) in [6.45, 7) is 4.32. The number of esters is 2. The van der Waals surface area contributed by atoms with Gasteiger partial charge in [0.25, 0.3) is 0 Å². The first kappa shape index (κ1) is 21.4. The van der Waals surface area contributed by atoms with Crippen LogP contribution in [-0.4, -0.2) is 18.5 Å². The minimum Gasteiger partial charge on any atom is -0.465 e. The zero-order valence-corrected chi connectivity index (χ0v) is 16.4. The Morgan fingerprint density at radius 2 is 1.46 bits per heavy atom. The second-order valence-corrected chi connectivity index (χ2v) is 7.13. The summed E-state index contributed by atoms with van der Waals surface area (Å²) in [5.74, 6) is -0.572. The van der Waals surface area contributed by atoms with E-state index in [4.69, 9.17) is 55.9 Å². The minimum atomic E-state index is -0.535. The van der Waals surface area contributed by atoms with E-state index in [9.17, 15) is 9.59 Å². The zero-order chi connectivity index (χ0) is 18.3. The van der Waals surface area contributed by atoms with Crippen molar-refractivity contribution in [2.24, 2.45) is 5.92 Å². The van der Waals surface area contributed by atoms with Crippen molar-refractivity contribution in [1.82, 2.24) is 0 Å². The molecule has 0 radical (unpaired) electrons. The molecule has 0 aliphatic rings. The number of ether oxygens (including phenoxy) is 2. The van der Waals surface area contributed by atoms with Gasteiger partial charge < -0.3 is 9.47 Å². The molecular formula is C16H18Cl4O4. The molecule has 0 aromatic heterocycles. The van der Waals surface area contributed by atoms with E-state index >= 15 is 0 Å². The predicted octanol–water partition coefficient (Wildman–Crippen LogP) is 5.97. The van der Waals surface area contributed by atoms with Crippen LogP contribution in [0.4, 0.5) is 0 Å². The molecule has 0 unspecified atom stereocenters. The van der Waals surface area contributed by atoms with E-state index in [2.05, 4.69) is 0 Å². The van der Waals surface area contributed by atoms with E-state index < -0.39 is 5.97 Å². The first-order chi connectivity index (χ1) is 11.2. The minimum absolute atomic E-state index is 0.0247. The topological polar surface area (TPSA) is 52.6 Å². The van der Waals surface area contributed by atoms with Crippen LogP contribution in [-0.2, 0) is 14.3 Å². The van der Waals surface area contributed by atoms with E-state index in [1.54, 1.807) is 0 Å². The molecule has 24 heavy (non-hydrogen) atoms. The molecule has 0 heterocycles. The van der Waals surface area contributed by atoms with Crippen molar-refractivity contribution in [3.05, 3.63) is 26.2 Å². The fourth-order valence-electron chi connectivity index (χ4n) is 1.68. The van der Waals surface area contributed by atoms with E-state index in [1.165, 1.54) is 6.07 Å². The largest absolute Gasteiger partial charge is 0.465 e. The monoisotopic (exact) mass is 414 g/mol. The average Bonchev–Trinajstić information content (AvgIpc) is 2.51. The number of hydrogen-bond donors (Lipinski definition) is 0. The Balaban J connectivity index is 2.42. The number of carbonyl (C=O) groups excluding carboxylic acids is 2. The maximum Gasteiger partial charge on any atom is 0.311 e. The fourth-order valence-corrected chi connectivity index (χ4v) is 2.55. The van der Waals surface area contributed by atoms with Gasteiger partial charge in [-0.1, -0.05) is 60.3 Å². The third-order valence-electron chi connectivity index (χ3n) is 2.88. The molecule has 1 rings (SSSR count). The molecule has 0 atom stereocenters. The van der Waals surface area contributed by atoms with Gasteiger partial charge in [-0.15, -0.1) is 0 Å². The van der Waals surface area contributed by atoms with Crippen LogP contribution in [0.2, 0.25) is 20.1 Å². The fraction of sp³-hybridized carbons (Fsp3) is 0.500. The number of hydrogen-bond acceptors (Lipinski definition) is 4. The molecule has 0 spiro atoms. The highest BCUT2D eigenvalue weighted by atomic mass is 35.5. The van der Waals surface area contributed by atoms with E-state index in [1.807, 2.05) is 13.8 Å². The first-order valence-electron chi connectivity index (χ1n) is 7.41. The van der Waals surface area contributed by atoms with Crippen LogP contribution in [0, 0.1) is 5.92 Å². The van der Waals surface area contributed by atoms with Crippen LogP contribution in [0.1, 0.15) is 39.5 Å². The molecule has 0 aliphatic heterocycles. The second-order valence-electron chi connectivity index (χ2n) is 5.56. The molecule has 8 heteroatoms. The van der Waals surface area contributed by atoms with Crippen molar-refractivity contribution in [3.63, 3.8) is 0 Å². The van der Waals surface area contributed by atoms with Gasteiger partial charge in [0.15, 0.2) is 5.75 Å². The van der Waals surface area contributed by atoms with Crippen LogP contribution in [0.3, 0.4) is 0 Å². The van der Waals surface area contributed by atoms with Gasteiger partial charge in [0.1, 0.15) is 10.0 Å². The normalized spacial score (nSPS) is 10.8. The van der Waals surface area contributed by atoms with Crippen molar-refractivity contribution in [2.75, 3.05) is 6.61 Å². The number of unbranched alkanes of at least 4 members (excludes halogenated alkanes) is 1. The van der Waals surface area contributed by atoms with Crippen LogP contribution in [0.5, 0.6) is 5.75 Å². The highest BCUT2D eigenvalue weighted by Crippen LogP contribution is 2.42. The van der Waals surface area contributed by atoms with Crippen molar-refractivity contribution in [3.8, 4) is 5.75 Å². The summed E-state index contributed by atoms with van der Waals surface area (Å²) in [7, 11) is 0. The number of halogens is 4. The van der Waals surface area contributed by atoms with Gasteiger partial charge in [0.2, 0.25) is 0 Å². The van der Waals surface area contributed by atoms with Crippen LogP contribution < -0.4 is 4.74 Å². The summed E-state index contributed by atoms with van der Waals surface area (Å²) in [6.07, 6.45) is 1.35. The summed E-state index contributed by atoms with van der Waals surface area (Å²) in [6, 6.07) is 1.37. The van der Waals surface area contributed by atoms with Gasteiger partial charge in [0.05, 0.1) is 16.7 Å². The Morgan fingerprint density at radius 3 is 1.96 bits per heavy atom. The van der Waals surface area contributed by atoms with Crippen molar-refractivity contribution < 1.29 is 19.1 Å². The maximum atomic E-state index is 11.9. The molecule has 0 saturated heterocycles. The van der Waals surface area contributed by atoms with E-state index in [0.29, 0.717) is 25.4 Å².